The summed E-state index contributed by atoms with van der Waals surface area (Å²) in [6.45, 7) is 6.74. The molecule has 2 aliphatic rings. The number of carbonyl (C=O) groups is 1. The molecule has 1 saturated heterocycles. The Kier molecular flexibility index (Phi) is 4.24. The van der Waals surface area contributed by atoms with E-state index in [1.165, 1.54) is 0 Å². The van der Waals surface area contributed by atoms with Crippen molar-refractivity contribution >= 4 is 17.2 Å². The first-order valence-corrected chi connectivity index (χ1v) is 9.22. The van der Waals surface area contributed by atoms with Gasteiger partial charge in [0, 0.05) is 43.7 Å². The lowest BCUT2D eigenvalue weighted by atomic mass is 9.99. The van der Waals surface area contributed by atoms with Gasteiger partial charge in [-0.3, -0.25) is 9.69 Å². The number of amides is 1. The van der Waals surface area contributed by atoms with Crippen molar-refractivity contribution in [2.24, 2.45) is 0 Å². The molecule has 0 bridgehead atoms. The summed E-state index contributed by atoms with van der Waals surface area (Å²) < 4.78 is 5.66. The predicted molar refractivity (Wildman–Crippen MR) is 93.4 cm³/mol. The van der Waals surface area contributed by atoms with E-state index in [0.29, 0.717) is 6.61 Å². The molecular weight excluding hydrogens is 322 g/mol. The predicted octanol–water partition coefficient (Wildman–Crippen LogP) is 2.27. The van der Waals surface area contributed by atoms with E-state index in [1.807, 2.05) is 36.1 Å². The van der Waals surface area contributed by atoms with Gasteiger partial charge in [-0.2, -0.15) is 0 Å². The average molecular weight is 343 g/mol. The fourth-order valence-electron chi connectivity index (χ4n) is 3.42. The maximum absolute atomic E-state index is 12.8. The van der Waals surface area contributed by atoms with Crippen LogP contribution >= 0.6 is 11.3 Å². The van der Waals surface area contributed by atoms with Gasteiger partial charge in [0.05, 0.1) is 10.7 Å². The zero-order valence-corrected chi connectivity index (χ0v) is 14.6. The number of nitrogens with zero attached hydrogens (tertiary/aromatic N) is 3. The van der Waals surface area contributed by atoms with Crippen molar-refractivity contribution in [2.45, 2.75) is 19.4 Å². The Balaban J connectivity index is 1.35. The molecule has 3 heterocycles. The lowest BCUT2D eigenvalue weighted by Gasteiger charge is -2.35. The SMILES string of the molecule is Cc1nc(CN2CCN(C(=O)C3COc4ccccc43)CC2)cs1. The summed E-state index contributed by atoms with van der Waals surface area (Å²) in [5.74, 6) is 0.909. The Morgan fingerprint density at radius 3 is 2.83 bits per heavy atom. The molecule has 2 aliphatic heterocycles. The number of piperazine rings is 1. The molecule has 5 nitrogen and oxygen atoms in total. The zero-order chi connectivity index (χ0) is 16.5. The minimum Gasteiger partial charge on any atom is -0.492 e. The number of ether oxygens (including phenoxy) is 1. The Labute approximate surface area is 145 Å². The van der Waals surface area contributed by atoms with Crippen molar-refractivity contribution in [1.82, 2.24) is 14.8 Å². The van der Waals surface area contributed by atoms with Gasteiger partial charge in [0.15, 0.2) is 0 Å². The third-order valence-corrected chi connectivity index (χ3v) is 5.56. The first kappa shape index (κ1) is 15.6. The van der Waals surface area contributed by atoms with Gasteiger partial charge in [-0.1, -0.05) is 18.2 Å². The molecule has 24 heavy (non-hydrogen) atoms. The standard InChI is InChI=1S/C18H21N3O2S/c1-13-19-14(12-24-13)10-20-6-8-21(9-7-20)18(22)16-11-23-17-5-3-2-4-15(16)17/h2-5,12,16H,6-11H2,1H3. The van der Waals surface area contributed by atoms with Crippen LogP contribution in [0.2, 0.25) is 0 Å². The van der Waals surface area contributed by atoms with Gasteiger partial charge in [0.2, 0.25) is 5.91 Å². The molecule has 1 aromatic heterocycles. The minimum atomic E-state index is -0.144. The number of aryl methyl sites for hydroxylation is 1. The summed E-state index contributed by atoms with van der Waals surface area (Å²) in [4.78, 5) is 21.7. The molecule has 126 valence electrons. The normalized spacial score (nSPS) is 20.7. The molecule has 0 aliphatic carbocycles. The van der Waals surface area contributed by atoms with Gasteiger partial charge in [-0.15, -0.1) is 11.3 Å². The Morgan fingerprint density at radius 1 is 1.29 bits per heavy atom. The second-order valence-electron chi connectivity index (χ2n) is 6.36. The maximum atomic E-state index is 12.8. The van der Waals surface area contributed by atoms with Gasteiger partial charge in [-0.25, -0.2) is 4.98 Å². The highest BCUT2D eigenvalue weighted by atomic mass is 32.1. The van der Waals surface area contributed by atoms with Crippen molar-refractivity contribution in [2.75, 3.05) is 32.8 Å². The number of hydrogen-bond donors (Lipinski definition) is 0. The molecule has 1 amide bonds. The second kappa shape index (κ2) is 6.53. The molecule has 1 unspecified atom stereocenters. The first-order valence-electron chi connectivity index (χ1n) is 8.34. The van der Waals surface area contributed by atoms with Gasteiger partial charge in [-0.05, 0) is 13.0 Å². The van der Waals surface area contributed by atoms with Crippen LogP contribution in [0.5, 0.6) is 5.75 Å². The topological polar surface area (TPSA) is 45.7 Å². The van der Waals surface area contributed by atoms with Crippen molar-refractivity contribution in [3.8, 4) is 5.75 Å². The molecule has 1 aromatic carbocycles. The number of aromatic nitrogens is 1. The van der Waals surface area contributed by atoms with E-state index in [0.717, 1.165) is 54.7 Å². The maximum Gasteiger partial charge on any atom is 0.233 e. The van der Waals surface area contributed by atoms with E-state index < -0.39 is 0 Å². The Hall–Kier alpha value is -1.92. The fraction of sp³-hybridized carbons (Fsp3) is 0.444. The van der Waals surface area contributed by atoms with Gasteiger partial charge in [0.25, 0.3) is 0 Å². The number of para-hydroxylation sites is 1. The second-order valence-corrected chi connectivity index (χ2v) is 7.42. The van der Waals surface area contributed by atoms with Gasteiger partial charge >= 0.3 is 0 Å². The van der Waals surface area contributed by atoms with Gasteiger partial charge < -0.3 is 9.64 Å². The van der Waals surface area contributed by atoms with Crippen LogP contribution in [-0.2, 0) is 11.3 Å². The van der Waals surface area contributed by atoms with Crippen LogP contribution in [0.15, 0.2) is 29.6 Å². The third kappa shape index (κ3) is 3.03. The smallest absolute Gasteiger partial charge is 0.233 e. The third-order valence-electron chi connectivity index (χ3n) is 4.73. The molecular formula is C18H21N3O2S. The largest absolute Gasteiger partial charge is 0.492 e. The molecule has 4 rings (SSSR count). The van der Waals surface area contributed by atoms with Crippen molar-refractivity contribution in [1.29, 1.82) is 0 Å². The summed E-state index contributed by atoms with van der Waals surface area (Å²) in [6, 6.07) is 7.87. The number of thiazole rings is 1. The molecule has 1 fully saturated rings. The number of fused-ring (bicyclic) bond motifs is 1. The lowest BCUT2D eigenvalue weighted by molar-refractivity contribution is -0.134. The summed E-state index contributed by atoms with van der Waals surface area (Å²) in [7, 11) is 0. The molecule has 0 N–H and O–H groups in total. The highest BCUT2D eigenvalue weighted by Crippen LogP contribution is 2.34. The zero-order valence-electron chi connectivity index (χ0n) is 13.8. The minimum absolute atomic E-state index is 0.144. The van der Waals surface area contributed by atoms with Gasteiger partial charge in [0.1, 0.15) is 18.3 Å². The van der Waals surface area contributed by atoms with E-state index in [2.05, 4.69) is 15.3 Å². The van der Waals surface area contributed by atoms with Crippen LogP contribution < -0.4 is 4.74 Å². The van der Waals surface area contributed by atoms with Crippen LogP contribution in [0.3, 0.4) is 0 Å². The highest BCUT2D eigenvalue weighted by molar-refractivity contribution is 7.09. The van der Waals surface area contributed by atoms with Crippen LogP contribution in [0.25, 0.3) is 0 Å². The first-order chi connectivity index (χ1) is 11.7. The number of hydrogen-bond acceptors (Lipinski definition) is 5. The van der Waals surface area contributed by atoms with Crippen LogP contribution in [0.4, 0.5) is 0 Å². The fourth-order valence-corrected chi connectivity index (χ4v) is 4.03. The van der Waals surface area contributed by atoms with Crippen LogP contribution in [0.1, 0.15) is 22.2 Å². The summed E-state index contributed by atoms with van der Waals surface area (Å²) >= 11 is 1.69. The van der Waals surface area contributed by atoms with Crippen molar-refractivity contribution in [3.63, 3.8) is 0 Å². The lowest BCUT2D eigenvalue weighted by Crippen LogP contribution is -2.49. The van der Waals surface area contributed by atoms with Crippen molar-refractivity contribution < 1.29 is 9.53 Å². The van der Waals surface area contributed by atoms with E-state index in [-0.39, 0.29) is 11.8 Å². The number of carbonyl (C=O) groups excluding carboxylic acids is 1. The Morgan fingerprint density at radius 2 is 2.08 bits per heavy atom. The average Bonchev–Trinajstić information content (AvgIpc) is 3.21. The van der Waals surface area contributed by atoms with Crippen molar-refractivity contribution in [3.05, 3.63) is 45.9 Å². The molecule has 6 heteroatoms. The Bertz CT molecular complexity index is 737. The number of benzene rings is 1. The molecule has 0 spiro atoms. The quantitative estimate of drug-likeness (QED) is 0.858. The molecule has 2 aromatic rings. The molecule has 1 atom stereocenters. The van der Waals surface area contributed by atoms with E-state index in [9.17, 15) is 4.79 Å². The summed E-state index contributed by atoms with van der Waals surface area (Å²) in [5.41, 5.74) is 2.17. The molecule has 0 saturated carbocycles. The van der Waals surface area contributed by atoms with E-state index in [1.54, 1.807) is 11.3 Å². The van der Waals surface area contributed by atoms with Crippen LogP contribution in [-0.4, -0.2) is 53.5 Å². The monoisotopic (exact) mass is 343 g/mol. The highest BCUT2D eigenvalue weighted by Gasteiger charge is 2.34. The van der Waals surface area contributed by atoms with E-state index >= 15 is 0 Å². The van der Waals surface area contributed by atoms with Crippen LogP contribution in [0, 0.1) is 6.92 Å². The van der Waals surface area contributed by atoms with E-state index in [4.69, 9.17) is 4.74 Å². The molecule has 0 radical (unpaired) electrons. The summed E-state index contributed by atoms with van der Waals surface area (Å²) in [6.07, 6.45) is 0. The number of rotatable bonds is 3. The summed E-state index contributed by atoms with van der Waals surface area (Å²) in [5, 5.41) is 3.23.